The van der Waals surface area contributed by atoms with E-state index in [-0.39, 0.29) is 0 Å². The number of nitrogens with zero attached hydrogens (tertiary/aromatic N) is 1. The fourth-order valence-electron chi connectivity index (χ4n) is 2.89. The third-order valence-electron chi connectivity index (χ3n) is 3.97. The first-order chi connectivity index (χ1) is 9.84. The van der Waals surface area contributed by atoms with Gasteiger partial charge in [-0.3, -0.25) is 0 Å². The molecule has 3 N–H and O–H groups in total. The van der Waals surface area contributed by atoms with Crippen molar-refractivity contribution >= 4 is 22.4 Å². The molecule has 1 aromatic carbocycles. The summed E-state index contributed by atoms with van der Waals surface area (Å²) < 4.78 is 4.34. The van der Waals surface area contributed by atoms with E-state index in [9.17, 15) is 0 Å². The molecule has 1 aromatic heterocycles. The molecule has 20 heavy (non-hydrogen) atoms. The van der Waals surface area contributed by atoms with Gasteiger partial charge in [0.05, 0.1) is 5.56 Å². The molecule has 3 rings (SSSR count). The second-order valence-electron chi connectivity index (χ2n) is 5.47. The van der Waals surface area contributed by atoms with E-state index in [1.807, 2.05) is 18.2 Å². The molecule has 0 aliphatic heterocycles. The molecule has 1 aliphatic rings. The minimum absolute atomic E-state index is 0.569. The number of aromatic nitrogens is 1. The SMILES string of the molecule is Nc1nsc(NC2CCCCCC2)c1-c1ccccc1. The zero-order chi connectivity index (χ0) is 13.8. The summed E-state index contributed by atoms with van der Waals surface area (Å²) in [7, 11) is 0. The first-order valence-electron chi connectivity index (χ1n) is 7.41. The molecular formula is C16H21N3S. The van der Waals surface area contributed by atoms with Crippen LogP contribution in [-0.2, 0) is 0 Å². The Morgan fingerprint density at radius 3 is 2.45 bits per heavy atom. The minimum Gasteiger partial charge on any atom is -0.382 e. The van der Waals surface area contributed by atoms with Gasteiger partial charge in [0.2, 0.25) is 0 Å². The van der Waals surface area contributed by atoms with E-state index in [4.69, 9.17) is 5.73 Å². The Hall–Kier alpha value is -1.55. The monoisotopic (exact) mass is 287 g/mol. The summed E-state index contributed by atoms with van der Waals surface area (Å²) in [5, 5.41) is 4.81. The van der Waals surface area contributed by atoms with Crippen molar-refractivity contribution in [3.63, 3.8) is 0 Å². The normalized spacial score (nSPS) is 16.8. The highest BCUT2D eigenvalue weighted by Gasteiger charge is 2.18. The van der Waals surface area contributed by atoms with Crippen LogP contribution in [0, 0.1) is 0 Å². The van der Waals surface area contributed by atoms with Crippen LogP contribution >= 0.6 is 11.5 Å². The van der Waals surface area contributed by atoms with E-state index in [0.29, 0.717) is 11.9 Å². The van der Waals surface area contributed by atoms with Gasteiger partial charge in [-0.05, 0) is 29.9 Å². The Balaban J connectivity index is 1.83. The van der Waals surface area contributed by atoms with Crippen LogP contribution in [0.4, 0.5) is 10.8 Å². The van der Waals surface area contributed by atoms with Crippen LogP contribution in [0.2, 0.25) is 0 Å². The molecule has 1 heterocycles. The molecule has 0 amide bonds. The Kier molecular flexibility index (Phi) is 4.21. The van der Waals surface area contributed by atoms with Gasteiger partial charge in [0.25, 0.3) is 0 Å². The van der Waals surface area contributed by atoms with Gasteiger partial charge >= 0.3 is 0 Å². The molecule has 1 saturated carbocycles. The molecule has 3 nitrogen and oxygen atoms in total. The molecule has 0 bridgehead atoms. The van der Waals surface area contributed by atoms with Crippen LogP contribution in [0.25, 0.3) is 11.1 Å². The zero-order valence-electron chi connectivity index (χ0n) is 11.6. The van der Waals surface area contributed by atoms with E-state index < -0.39 is 0 Å². The maximum Gasteiger partial charge on any atom is 0.147 e. The smallest absolute Gasteiger partial charge is 0.147 e. The summed E-state index contributed by atoms with van der Waals surface area (Å²) in [5.41, 5.74) is 8.29. The summed E-state index contributed by atoms with van der Waals surface area (Å²) in [6.07, 6.45) is 7.90. The highest BCUT2D eigenvalue weighted by atomic mass is 32.1. The molecule has 0 saturated heterocycles. The summed E-state index contributed by atoms with van der Waals surface area (Å²) in [4.78, 5) is 0. The highest BCUT2D eigenvalue weighted by Crippen LogP contribution is 2.37. The Morgan fingerprint density at radius 1 is 1.05 bits per heavy atom. The van der Waals surface area contributed by atoms with Crippen LogP contribution in [0.3, 0.4) is 0 Å². The van der Waals surface area contributed by atoms with Crippen molar-refractivity contribution in [2.24, 2.45) is 0 Å². The largest absolute Gasteiger partial charge is 0.382 e. The number of hydrogen-bond donors (Lipinski definition) is 2. The Labute approximate surface area is 124 Å². The van der Waals surface area contributed by atoms with Crippen LogP contribution in [-0.4, -0.2) is 10.4 Å². The lowest BCUT2D eigenvalue weighted by atomic mass is 10.1. The summed E-state index contributed by atoms with van der Waals surface area (Å²) in [6, 6.07) is 10.9. The second kappa shape index (κ2) is 6.27. The highest BCUT2D eigenvalue weighted by molar-refractivity contribution is 7.11. The number of nitrogens with one attached hydrogen (secondary N) is 1. The maximum absolute atomic E-state index is 6.07. The molecule has 4 heteroatoms. The lowest BCUT2D eigenvalue weighted by Crippen LogP contribution is -2.17. The van der Waals surface area contributed by atoms with Crippen LogP contribution in [0.15, 0.2) is 30.3 Å². The number of benzene rings is 1. The molecule has 2 aromatic rings. The molecule has 0 unspecified atom stereocenters. The molecule has 0 spiro atoms. The van der Waals surface area contributed by atoms with Gasteiger partial charge in [0, 0.05) is 6.04 Å². The van der Waals surface area contributed by atoms with Crippen LogP contribution in [0.5, 0.6) is 0 Å². The molecule has 1 fully saturated rings. The average Bonchev–Trinajstić information content (AvgIpc) is 2.67. The van der Waals surface area contributed by atoms with E-state index in [2.05, 4.69) is 21.8 Å². The van der Waals surface area contributed by atoms with Gasteiger partial charge in [0.15, 0.2) is 0 Å². The van der Waals surface area contributed by atoms with Crippen molar-refractivity contribution in [2.45, 2.75) is 44.6 Å². The third kappa shape index (κ3) is 2.96. The van der Waals surface area contributed by atoms with E-state index >= 15 is 0 Å². The van der Waals surface area contributed by atoms with Gasteiger partial charge in [0.1, 0.15) is 10.8 Å². The van der Waals surface area contributed by atoms with Crippen LogP contribution < -0.4 is 11.1 Å². The van der Waals surface area contributed by atoms with E-state index in [1.165, 1.54) is 50.1 Å². The number of nitrogens with two attached hydrogens (primary N) is 1. The van der Waals surface area contributed by atoms with Crippen molar-refractivity contribution in [3.8, 4) is 11.1 Å². The fraction of sp³-hybridized carbons (Fsp3) is 0.438. The zero-order valence-corrected chi connectivity index (χ0v) is 12.5. The van der Waals surface area contributed by atoms with Gasteiger partial charge in [-0.25, -0.2) is 0 Å². The van der Waals surface area contributed by atoms with Crippen molar-refractivity contribution in [1.82, 2.24) is 4.37 Å². The average molecular weight is 287 g/mol. The summed E-state index contributed by atoms with van der Waals surface area (Å²) in [6.45, 7) is 0. The van der Waals surface area contributed by atoms with E-state index in [1.54, 1.807) is 0 Å². The molecule has 1 aliphatic carbocycles. The lowest BCUT2D eigenvalue weighted by molar-refractivity contribution is 0.621. The molecule has 0 radical (unpaired) electrons. The van der Waals surface area contributed by atoms with Crippen LogP contribution in [0.1, 0.15) is 38.5 Å². The first kappa shape index (κ1) is 13.4. The number of anilines is 2. The van der Waals surface area contributed by atoms with Crippen molar-refractivity contribution in [3.05, 3.63) is 30.3 Å². The van der Waals surface area contributed by atoms with Gasteiger partial charge in [-0.1, -0.05) is 56.0 Å². The van der Waals surface area contributed by atoms with Crippen molar-refractivity contribution in [1.29, 1.82) is 0 Å². The first-order valence-corrected chi connectivity index (χ1v) is 8.19. The predicted molar refractivity (Wildman–Crippen MR) is 87.1 cm³/mol. The molecule has 0 atom stereocenters. The lowest BCUT2D eigenvalue weighted by Gasteiger charge is -2.17. The number of rotatable bonds is 3. The standard InChI is InChI=1S/C16H21N3S/c17-15-14(12-8-4-3-5-9-12)16(20-19-15)18-13-10-6-1-2-7-11-13/h3-5,8-9,13,18H,1-2,6-7,10-11H2,(H2,17,19). The topological polar surface area (TPSA) is 50.9 Å². The fourth-order valence-corrected chi connectivity index (χ4v) is 3.71. The minimum atomic E-state index is 0.569. The van der Waals surface area contributed by atoms with Gasteiger partial charge in [-0.15, -0.1) is 0 Å². The van der Waals surface area contributed by atoms with Crippen molar-refractivity contribution < 1.29 is 0 Å². The third-order valence-corrected chi connectivity index (χ3v) is 4.76. The quantitative estimate of drug-likeness (QED) is 0.816. The number of nitrogen functional groups attached to an aromatic ring is 1. The van der Waals surface area contributed by atoms with Gasteiger partial charge < -0.3 is 11.1 Å². The summed E-state index contributed by atoms with van der Waals surface area (Å²) in [5.74, 6) is 0.636. The maximum atomic E-state index is 6.07. The van der Waals surface area contributed by atoms with Gasteiger partial charge in [-0.2, -0.15) is 4.37 Å². The van der Waals surface area contributed by atoms with Crippen molar-refractivity contribution in [2.75, 3.05) is 11.1 Å². The Bertz CT molecular complexity index is 542. The Morgan fingerprint density at radius 2 is 1.75 bits per heavy atom. The second-order valence-corrected chi connectivity index (χ2v) is 6.24. The summed E-state index contributed by atoms with van der Waals surface area (Å²) >= 11 is 1.49. The molecular weight excluding hydrogens is 266 g/mol. The predicted octanol–water partition coefficient (Wildman–Crippen LogP) is 4.53. The van der Waals surface area contributed by atoms with E-state index in [0.717, 1.165) is 16.1 Å². The number of hydrogen-bond acceptors (Lipinski definition) is 4. The molecule has 106 valence electrons.